The zero-order valence-electron chi connectivity index (χ0n) is 21.0. The van der Waals surface area contributed by atoms with Gasteiger partial charge in [0, 0.05) is 46.1 Å². The van der Waals surface area contributed by atoms with E-state index in [0.29, 0.717) is 23.8 Å². The summed E-state index contributed by atoms with van der Waals surface area (Å²) in [5, 5.41) is 6.63. The van der Waals surface area contributed by atoms with Gasteiger partial charge >= 0.3 is 0 Å². The predicted molar refractivity (Wildman–Crippen MR) is 137 cm³/mol. The number of rotatable bonds is 7. The van der Waals surface area contributed by atoms with E-state index in [2.05, 4.69) is 17.0 Å². The number of ketones is 1. The van der Waals surface area contributed by atoms with Gasteiger partial charge in [-0.15, -0.1) is 0 Å². The van der Waals surface area contributed by atoms with E-state index in [0.717, 1.165) is 57.5 Å². The van der Waals surface area contributed by atoms with Gasteiger partial charge in [0.1, 0.15) is 35.6 Å². The molecule has 3 heterocycles. The van der Waals surface area contributed by atoms with Crippen molar-refractivity contribution in [2.45, 2.75) is 44.6 Å². The second-order valence-corrected chi connectivity index (χ2v) is 9.93. The van der Waals surface area contributed by atoms with Crippen molar-refractivity contribution in [1.29, 1.82) is 0 Å². The Balaban J connectivity index is 1.39. The summed E-state index contributed by atoms with van der Waals surface area (Å²) in [6.45, 7) is 7.81. The number of fused-ring (bicyclic) bond motifs is 3. The van der Waals surface area contributed by atoms with Crippen LogP contribution in [0.25, 0.3) is 0 Å². The largest absolute Gasteiger partial charge is 0.489 e. The molecule has 0 aromatic heterocycles. The third-order valence-corrected chi connectivity index (χ3v) is 7.79. The number of nitrogens with zero attached hydrogens (tertiary/aromatic N) is 4. The summed E-state index contributed by atoms with van der Waals surface area (Å²) in [4.78, 5) is 28.9. The highest BCUT2D eigenvalue weighted by atomic mass is 19.1. The molecule has 1 saturated heterocycles. The molecule has 36 heavy (non-hydrogen) atoms. The Labute approximate surface area is 211 Å². The van der Waals surface area contributed by atoms with Gasteiger partial charge in [0.05, 0.1) is 5.41 Å². The van der Waals surface area contributed by atoms with Crippen LogP contribution in [0.15, 0.2) is 53.6 Å². The van der Waals surface area contributed by atoms with Crippen molar-refractivity contribution in [2.24, 2.45) is 5.10 Å². The molecule has 5 rings (SSSR count). The Morgan fingerprint density at radius 1 is 1.06 bits per heavy atom. The number of hydrogen-bond acceptors (Lipinski definition) is 6. The third-order valence-electron chi connectivity index (χ3n) is 7.79. The van der Waals surface area contributed by atoms with Crippen LogP contribution in [-0.4, -0.2) is 72.6 Å². The van der Waals surface area contributed by atoms with Crippen LogP contribution >= 0.6 is 0 Å². The summed E-state index contributed by atoms with van der Waals surface area (Å²) in [7, 11) is 0. The number of amides is 1. The van der Waals surface area contributed by atoms with Crippen LogP contribution in [0.3, 0.4) is 0 Å². The van der Waals surface area contributed by atoms with Crippen molar-refractivity contribution in [1.82, 2.24) is 9.80 Å². The van der Waals surface area contributed by atoms with Crippen molar-refractivity contribution in [3.63, 3.8) is 0 Å². The zero-order chi connectivity index (χ0) is 25.3. The standard InChI is InChI=1S/C28H33FN4O3/c1-20(34)27-28(22-8-4-3-5-9-22,12-6-7-13-31-14-16-32(17-15-31)21(2)35)26-19-36-25-11-10-23(29)18-24(25)33(26)30-27/h3-5,8-11,18,26H,6-7,12-17,19H2,1-2H3/t26-,28+/m1/s1. The molecular formula is C28H33FN4O3. The monoisotopic (exact) mass is 492 g/mol. The van der Waals surface area contributed by atoms with E-state index in [4.69, 9.17) is 9.84 Å². The average molecular weight is 493 g/mol. The minimum Gasteiger partial charge on any atom is -0.489 e. The predicted octanol–water partition coefficient (Wildman–Crippen LogP) is 3.62. The fraction of sp³-hybridized carbons (Fsp3) is 0.464. The number of benzene rings is 2. The molecule has 0 aliphatic carbocycles. The van der Waals surface area contributed by atoms with Crippen LogP contribution in [0.2, 0.25) is 0 Å². The molecule has 0 bridgehead atoms. The first-order valence-corrected chi connectivity index (χ1v) is 12.7. The van der Waals surface area contributed by atoms with Crippen LogP contribution in [0.1, 0.15) is 38.7 Å². The molecule has 0 unspecified atom stereocenters. The number of carbonyl (C=O) groups is 2. The second kappa shape index (κ2) is 10.0. The molecule has 8 heteroatoms. The number of hydrogen-bond donors (Lipinski definition) is 0. The van der Waals surface area contributed by atoms with Gasteiger partial charge in [-0.25, -0.2) is 4.39 Å². The molecule has 7 nitrogen and oxygen atoms in total. The quantitative estimate of drug-likeness (QED) is 0.553. The molecule has 1 fully saturated rings. The van der Waals surface area contributed by atoms with E-state index in [1.165, 1.54) is 12.1 Å². The molecule has 1 amide bonds. The van der Waals surface area contributed by atoms with Crippen molar-refractivity contribution in [3.05, 3.63) is 59.9 Å². The SMILES string of the molecule is CC(=O)C1=NN2c3cc(F)ccc3OC[C@@H]2[C@]1(CCCCN1CCN(C(C)=O)CC1)c1ccccc1. The second-order valence-electron chi connectivity index (χ2n) is 9.93. The molecule has 190 valence electrons. The summed E-state index contributed by atoms with van der Waals surface area (Å²) in [5.41, 5.74) is 1.45. The summed E-state index contributed by atoms with van der Waals surface area (Å²) < 4.78 is 20.3. The Morgan fingerprint density at radius 3 is 2.50 bits per heavy atom. The molecule has 3 aliphatic heterocycles. The maximum Gasteiger partial charge on any atom is 0.219 e. The Morgan fingerprint density at radius 2 is 1.81 bits per heavy atom. The summed E-state index contributed by atoms with van der Waals surface area (Å²) in [5.74, 6) is 0.275. The van der Waals surface area contributed by atoms with Crippen LogP contribution in [-0.2, 0) is 15.0 Å². The molecule has 0 radical (unpaired) electrons. The lowest BCUT2D eigenvalue weighted by molar-refractivity contribution is -0.130. The molecular weight excluding hydrogens is 459 g/mol. The molecule has 2 aromatic carbocycles. The number of piperazine rings is 1. The first-order valence-electron chi connectivity index (χ1n) is 12.7. The highest BCUT2D eigenvalue weighted by Crippen LogP contribution is 2.48. The van der Waals surface area contributed by atoms with Crippen LogP contribution in [0.5, 0.6) is 5.75 Å². The lowest BCUT2D eigenvalue weighted by atomic mass is 9.67. The number of hydrazone groups is 1. The topological polar surface area (TPSA) is 65.5 Å². The van der Waals surface area contributed by atoms with Gasteiger partial charge < -0.3 is 9.64 Å². The highest BCUT2D eigenvalue weighted by Gasteiger charge is 2.55. The third kappa shape index (κ3) is 4.39. The number of anilines is 1. The molecule has 2 aromatic rings. The molecule has 0 spiro atoms. The molecule has 0 saturated carbocycles. The number of carbonyl (C=O) groups excluding carboxylic acids is 2. The van der Waals surface area contributed by atoms with Gasteiger partial charge in [-0.05, 0) is 37.1 Å². The zero-order valence-corrected chi connectivity index (χ0v) is 21.0. The van der Waals surface area contributed by atoms with E-state index in [1.807, 2.05) is 28.1 Å². The van der Waals surface area contributed by atoms with E-state index < -0.39 is 5.41 Å². The smallest absolute Gasteiger partial charge is 0.219 e. The van der Waals surface area contributed by atoms with E-state index >= 15 is 0 Å². The number of halogens is 1. The van der Waals surface area contributed by atoms with Crippen molar-refractivity contribution in [3.8, 4) is 5.75 Å². The maximum atomic E-state index is 14.2. The maximum absolute atomic E-state index is 14.2. The van der Waals surface area contributed by atoms with Gasteiger partial charge in [0.15, 0.2) is 5.78 Å². The normalized spacial score (nSPS) is 23.5. The lowest BCUT2D eigenvalue weighted by Crippen LogP contribution is -2.53. The Bertz CT molecular complexity index is 1160. The minimum atomic E-state index is -0.648. The van der Waals surface area contributed by atoms with Crippen LogP contribution < -0.4 is 9.75 Å². The average Bonchev–Trinajstić information content (AvgIpc) is 3.23. The highest BCUT2D eigenvalue weighted by molar-refractivity contribution is 6.43. The van der Waals surface area contributed by atoms with Gasteiger partial charge in [-0.3, -0.25) is 19.5 Å². The number of Topliss-reactive ketones (excluding diaryl/α,β-unsaturated/α-hetero) is 1. The fourth-order valence-electron chi connectivity index (χ4n) is 5.93. The van der Waals surface area contributed by atoms with E-state index in [-0.39, 0.29) is 23.5 Å². The molecule has 2 atom stereocenters. The van der Waals surface area contributed by atoms with Crippen molar-refractivity contribution in [2.75, 3.05) is 44.3 Å². The van der Waals surface area contributed by atoms with Crippen molar-refractivity contribution >= 4 is 23.1 Å². The Hall–Kier alpha value is -3.26. The Kier molecular flexibility index (Phi) is 6.79. The fourth-order valence-corrected chi connectivity index (χ4v) is 5.93. The first kappa shape index (κ1) is 24.4. The van der Waals surface area contributed by atoms with Crippen LogP contribution in [0.4, 0.5) is 10.1 Å². The minimum absolute atomic E-state index is 0.0773. The lowest BCUT2D eigenvalue weighted by Gasteiger charge is -2.41. The van der Waals surface area contributed by atoms with Gasteiger partial charge in [0.2, 0.25) is 5.91 Å². The number of unbranched alkanes of at least 4 members (excludes halogenated alkanes) is 1. The van der Waals surface area contributed by atoms with E-state index in [9.17, 15) is 14.0 Å². The number of ether oxygens (including phenoxy) is 1. The summed E-state index contributed by atoms with van der Waals surface area (Å²) >= 11 is 0. The summed E-state index contributed by atoms with van der Waals surface area (Å²) in [6, 6.07) is 14.3. The first-order chi connectivity index (χ1) is 17.4. The molecule has 0 N–H and O–H groups in total. The van der Waals surface area contributed by atoms with Gasteiger partial charge in [-0.1, -0.05) is 36.8 Å². The molecule has 3 aliphatic rings. The summed E-state index contributed by atoms with van der Waals surface area (Å²) in [6.07, 6.45) is 2.60. The van der Waals surface area contributed by atoms with Crippen molar-refractivity contribution < 1.29 is 18.7 Å². The van der Waals surface area contributed by atoms with Crippen LogP contribution in [0, 0.1) is 5.82 Å². The van der Waals surface area contributed by atoms with E-state index in [1.54, 1.807) is 19.9 Å². The van der Waals surface area contributed by atoms with Gasteiger partial charge in [0.25, 0.3) is 0 Å². The van der Waals surface area contributed by atoms with Gasteiger partial charge in [-0.2, -0.15) is 5.10 Å².